The van der Waals surface area contributed by atoms with Gasteiger partial charge in [-0.3, -0.25) is 4.79 Å². The maximum atomic E-state index is 12.7. The van der Waals surface area contributed by atoms with Crippen LogP contribution in [0.15, 0.2) is 36.4 Å². The van der Waals surface area contributed by atoms with Gasteiger partial charge in [0.1, 0.15) is 5.82 Å². The van der Waals surface area contributed by atoms with Gasteiger partial charge in [-0.15, -0.1) is 0 Å². The number of carbonyl (C=O) groups excluding carboxylic acids is 1. The molecule has 3 aromatic rings. The molecular weight excluding hydrogens is 435 g/mol. The minimum atomic E-state index is -0.136. The Morgan fingerprint density at radius 3 is 2.71 bits per heavy atom. The summed E-state index contributed by atoms with van der Waals surface area (Å²) in [5.74, 6) is 1.75. The number of anilines is 2. The van der Waals surface area contributed by atoms with E-state index in [9.17, 15) is 4.79 Å². The highest BCUT2D eigenvalue weighted by atomic mass is 35.5. The van der Waals surface area contributed by atoms with Gasteiger partial charge >= 0.3 is 0 Å². The molecule has 1 amide bonds. The van der Waals surface area contributed by atoms with Crippen LogP contribution in [0.25, 0.3) is 0 Å². The Kier molecular flexibility index (Phi) is 6.25. The molecule has 1 aromatic heterocycles. The van der Waals surface area contributed by atoms with Crippen LogP contribution in [0, 0.1) is 6.92 Å². The third-order valence-corrected chi connectivity index (χ3v) is 5.76. The van der Waals surface area contributed by atoms with Gasteiger partial charge in [-0.05, 0) is 54.3 Å². The van der Waals surface area contributed by atoms with E-state index < -0.39 is 0 Å². The fourth-order valence-electron chi connectivity index (χ4n) is 3.53. The van der Waals surface area contributed by atoms with Crippen LogP contribution < -0.4 is 15.5 Å². The topological polar surface area (TPSA) is 83.0 Å². The molecule has 0 aliphatic carbocycles. The van der Waals surface area contributed by atoms with E-state index in [2.05, 4.69) is 30.5 Å². The van der Waals surface area contributed by atoms with Crippen LogP contribution in [-0.4, -0.2) is 34.5 Å². The third-order valence-electron chi connectivity index (χ3n) is 5.18. The number of hydrogen-bond acceptors (Lipinski definition) is 6. The summed E-state index contributed by atoms with van der Waals surface area (Å²) in [6, 6.07) is 11.0. The molecular formula is C22H22Cl2N6O. The van der Waals surface area contributed by atoms with Crippen LogP contribution in [0.4, 0.5) is 11.9 Å². The molecule has 0 spiro atoms. The van der Waals surface area contributed by atoms with Gasteiger partial charge in [-0.25, -0.2) is 0 Å². The van der Waals surface area contributed by atoms with Crippen molar-refractivity contribution < 1.29 is 4.79 Å². The molecule has 2 heterocycles. The number of amides is 1. The van der Waals surface area contributed by atoms with Crippen molar-refractivity contribution in [3.63, 3.8) is 0 Å². The largest absolute Gasteiger partial charge is 0.357 e. The van der Waals surface area contributed by atoms with Crippen molar-refractivity contribution in [2.45, 2.75) is 26.4 Å². The molecule has 160 valence electrons. The van der Waals surface area contributed by atoms with Gasteiger partial charge in [0, 0.05) is 42.3 Å². The fraction of sp³-hybridized carbons (Fsp3) is 0.273. The Hall–Kier alpha value is -2.90. The number of benzene rings is 2. The first-order valence-corrected chi connectivity index (χ1v) is 10.7. The number of hydrogen-bond donors (Lipinski definition) is 2. The van der Waals surface area contributed by atoms with Gasteiger partial charge in [-0.1, -0.05) is 35.3 Å². The minimum Gasteiger partial charge on any atom is -0.357 e. The first kappa shape index (κ1) is 21.3. The summed E-state index contributed by atoms with van der Waals surface area (Å²) >= 11 is 12.1. The molecule has 1 aliphatic rings. The number of fused-ring (bicyclic) bond motifs is 1. The van der Waals surface area contributed by atoms with Crippen LogP contribution in [0.2, 0.25) is 10.0 Å². The highest BCUT2D eigenvalue weighted by Gasteiger charge is 2.21. The molecule has 0 unspecified atom stereocenters. The van der Waals surface area contributed by atoms with Crippen molar-refractivity contribution in [2.75, 3.05) is 23.8 Å². The zero-order chi connectivity index (χ0) is 22.0. The second-order valence-corrected chi connectivity index (χ2v) is 8.17. The molecule has 1 aliphatic heterocycles. The van der Waals surface area contributed by atoms with Crippen LogP contribution in [0.3, 0.4) is 0 Å². The average molecular weight is 457 g/mol. The number of nitrogens with one attached hydrogen (secondary N) is 2. The maximum absolute atomic E-state index is 12.7. The van der Waals surface area contributed by atoms with Gasteiger partial charge < -0.3 is 15.5 Å². The first-order chi connectivity index (χ1) is 14.9. The quantitative estimate of drug-likeness (QED) is 0.602. The Morgan fingerprint density at radius 1 is 1.10 bits per heavy atom. The Labute approximate surface area is 190 Å². The molecule has 0 saturated heterocycles. The van der Waals surface area contributed by atoms with Crippen molar-refractivity contribution in [3.8, 4) is 0 Å². The number of carbonyl (C=O) groups is 1. The van der Waals surface area contributed by atoms with E-state index in [0.717, 1.165) is 29.7 Å². The van der Waals surface area contributed by atoms with Crippen molar-refractivity contribution in [3.05, 3.63) is 74.5 Å². The second-order valence-electron chi connectivity index (χ2n) is 7.33. The fourth-order valence-corrected chi connectivity index (χ4v) is 4.00. The summed E-state index contributed by atoms with van der Waals surface area (Å²) in [6.45, 7) is 3.65. The standard InChI is InChI=1S/C22H22Cl2N6O/c1-13-27-21(25-2)29-22(28-13)30-8-7-14-9-15(3-4-17(14)12-30)20(31)26-11-16-5-6-18(23)10-19(16)24/h3-6,9-10H,7-8,11-12H2,1-2H3,(H,26,31)(H,25,27,28,29). The SMILES string of the molecule is CNc1nc(C)nc(N2CCc3cc(C(=O)NCc4ccc(Cl)cc4Cl)ccc3C2)n1. The van der Waals surface area contributed by atoms with E-state index in [-0.39, 0.29) is 5.91 Å². The molecule has 0 atom stereocenters. The molecule has 2 N–H and O–H groups in total. The predicted octanol–water partition coefficient (Wildman–Crippen LogP) is 4.02. The van der Waals surface area contributed by atoms with Crippen LogP contribution in [0.5, 0.6) is 0 Å². The Balaban J connectivity index is 1.45. The third kappa shape index (κ3) is 4.89. The lowest BCUT2D eigenvalue weighted by atomic mass is 9.97. The van der Waals surface area contributed by atoms with Crippen LogP contribution >= 0.6 is 23.2 Å². The van der Waals surface area contributed by atoms with Crippen molar-refractivity contribution in [1.29, 1.82) is 0 Å². The molecule has 2 aromatic carbocycles. The summed E-state index contributed by atoms with van der Waals surface area (Å²) in [7, 11) is 1.79. The van der Waals surface area contributed by atoms with Crippen molar-refractivity contribution in [2.24, 2.45) is 0 Å². The number of aryl methyl sites for hydroxylation is 1. The summed E-state index contributed by atoms with van der Waals surface area (Å²) < 4.78 is 0. The number of aromatic nitrogens is 3. The monoisotopic (exact) mass is 456 g/mol. The summed E-state index contributed by atoms with van der Waals surface area (Å²) in [4.78, 5) is 28.0. The Morgan fingerprint density at radius 2 is 1.94 bits per heavy atom. The zero-order valence-electron chi connectivity index (χ0n) is 17.2. The molecule has 0 saturated carbocycles. The molecule has 31 heavy (non-hydrogen) atoms. The second kappa shape index (κ2) is 9.08. The van der Waals surface area contributed by atoms with E-state index in [1.54, 1.807) is 19.2 Å². The van der Waals surface area contributed by atoms with Gasteiger partial charge in [0.2, 0.25) is 11.9 Å². The van der Waals surface area contributed by atoms with Crippen LogP contribution in [-0.2, 0) is 19.5 Å². The summed E-state index contributed by atoms with van der Waals surface area (Å²) in [5, 5.41) is 7.00. The summed E-state index contributed by atoms with van der Waals surface area (Å²) in [6.07, 6.45) is 0.805. The number of halogens is 2. The highest BCUT2D eigenvalue weighted by Crippen LogP contribution is 2.24. The van der Waals surface area contributed by atoms with Gasteiger partial charge in [0.15, 0.2) is 0 Å². The normalized spacial score (nSPS) is 13.0. The lowest BCUT2D eigenvalue weighted by molar-refractivity contribution is 0.0951. The van der Waals surface area contributed by atoms with Crippen molar-refractivity contribution in [1.82, 2.24) is 20.3 Å². The molecule has 0 fully saturated rings. The number of rotatable bonds is 5. The minimum absolute atomic E-state index is 0.136. The van der Waals surface area contributed by atoms with Crippen molar-refractivity contribution >= 4 is 41.0 Å². The van der Waals surface area contributed by atoms with Gasteiger partial charge in [0.05, 0.1) is 0 Å². The zero-order valence-corrected chi connectivity index (χ0v) is 18.8. The smallest absolute Gasteiger partial charge is 0.251 e. The molecule has 4 rings (SSSR count). The number of nitrogens with zero attached hydrogens (tertiary/aromatic N) is 4. The van der Waals surface area contributed by atoms with Crippen LogP contribution in [0.1, 0.15) is 32.9 Å². The lowest BCUT2D eigenvalue weighted by Crippen LogP contribution is -2.32. The summed E-state index contributed by atoms with van der Waals surface area (Å²) in [5.41, 5.74) is 3.77. The van der Waals surface area contributed by atoms with Gasteiger partial charge in [0.25, 0.3) is 5.91 Å². The molecule has 0 radical (unpaired) electrons. The average Bonchev–Trinajstić information content (AvgIpc) is 2.77. The molecule has 0 bridgehead atoms. The van der Waals surface area contributed by atoms with E-state index in [4.69, 9.17) is 23.2 Å². The lowest BCUT2D eigenvalue weighted by Gasteiger charge is -2.29. The van der Waals surface area contributed by atoms with E-state index >= 15 is 0 Å². The van der Waals surface area contributed by atoms with E-state index in [1.165, 1.54) is 0 Å². The van der Waals surface area contributed by atoms with E-state index in [0.29, 0.717) is 46.4 Å². The van der Waals surface area contributed by atoms with Gasteiger partial charge in [-0.2, -0.15) is 15.0 Å². The first-order valence-electron chi connectivity index (χ1n) is 9.92. The molecule has 7 nitrogen and oxygen atoms in total. The highest BCUT2D eigenvalue weighted by molar-refractivity contribution is 6.35. The molecule has 9 heteroatoms. The predicted molar refractivity (Wildman–Crippen MR) is 123 cm³/mol. The maximum Gasteiger partial charge on any atom is 0.251 e. The van der Waals surface area contributed by atoms with E-state index in [1.807, 2.05) is 31.2 Å². The Bertz CT molecular complexity index is 1140.